The van der Waals surface area contributed by atoms with Gasteiger partial charge in [-0.05, 0) is 12.1 Å². The number of rotatable bonds is 2. The lowest BCUT2D eigenvalue weighted by Gasteiger charge is -1.96. The molecule has 0 amide bonds. The van der Waals surface area contributed by atoms with Crippen LogP contribution < -0.4 is 0 Å². The molecule has 0 bridgehead atoms. The number of hydrogen-bond acceptors (Lipinski definition) is 6. The summed E-state index contributed by atoms with van der Waals surface area (Å²) in [4.78, 5) is 9.02. The molecule has 21 heavy (non-hydrogen) atoms. The van der Waals surface area contributed by atoms with E-state index in [1.807, 2.05) is 24.3 Å². The highest BCUT2D eigenvalue weighted by Gasteiger charge is 2.15. The summed E-state index contributed by atoms with van der Waals surface area (Å²) in [5, 5.41) is 13.7. The van der Waals surface area contributed by atoms with Crippen molar-refractivity contribution in [2.45, 2.75) is 0 Å². The molecule has 4 rings (SSSR count). The number of benzene rings is 1. The Morgan fingerprint density at radius 1 is 1.05 bits per heavy atom. The van der Waals surface area contributed by atoms with Crippen molar-refractivity contribution in [3.8, 4) is 22.1 Å². The van der Waals surface area contributed by atoms with Crippen molar-refractivity contribution in [3.05, 3.63) is 47.3 Å². The molecule has 0 atom stereocenters. The van der Waals surface area contributed by atoms with E-state index in [1.165, 1.54) is 11.3 Å². The van der Waals surface area contributed by atoms with Crippen molar-refractivity contribution in [1.29, 1.82) is 0 Å². The molecule has 102 valence electrons. The van der Waals surface area contributed by atoms with Gasteiger partial charge in [0.05, 0.1) is 6.20 Å². The van der Waals surface area contributed by atoms with E-state index >= 15 is 0 Å². The summed E-state index contributed by atoms with van der Waals surface area (Å²) in [5.41, 5.74) is 1.69. The molecule has 0 aliphatic carbocycles. The van der Waals surface area contributed by atoms with Gasteiger partial charge in [-0.2, -0.15) is 9.61 Å². The number of nitrogens with zero attached hydrogens (tertiary/aromatic N) is 6. The molecule has 0 radical (unpaired) electrons. The third-order valence-corrected chi connectivity index (χ3v) is 4.35. The number of aromatic nitrogens is 6. The molecule has 6 nitrogen and oxygen atoms in total. The second kappa shape index (κ2) is 4.97. The van der Waals surface area contributed by atoms with Crippen LogP contribution in [0.1, 0.15) is 0 Å². The van der Waals surface area contributed by atoms with Crippen molar-refractivity contribution in [2.24, 2.45) is 0 Å². The number of halogens is 1. The predicted octanol–water partition coefficient (Wildman–Crippen LogP) is 3.07. The first-order chi connectivity index (χ1) is 10.3. The summed E-state index contributed by atoms with van der Waals surface area (Å²) < 4.78 is 2.74. The lowest BCUT2D eigenvalue weighted by Crippen LogP contribution is -1.93. The molecule has 0 unspecified atom stereocenters. The second-order valence-electron chi connectivity index (χ2n) is 4.22. The van der Waals surface area contributed by atoms with E-state index in [1.54, 1.807) is 23.1 Å². The van der Waals surface area contributed by atoms with Crippen molar-refractivity contribution in [1.82, 2.24) is 29.8 Å². The van der Waals surface area contributed by atoms with Crippen LogP contribution in [0.5, 0.6) is 0 Å². The molecule has 0 aliphatic heterocycles. The van der Waals surface area contributed by atoms with Gasteiger partial charge in [-0.25, -0.2) is 4.98 Å². The van der Waals surface area contributed by atoms with Gasteiger partial charge in [0.15, 0.2) is 0 Å². The number of fused-ring (bicyclic) bond motifs is 1. The van der Waals surface area contributed by atoms with Crippen LogP contribution in [-0.2, 0) is 0 Å². The van der Waals surface area contributed by atoms with E-state index in [9.17, 15) is 0 Å². The fourth-order valence-corrected chi connectivity index (χ4v) is 3.01. The van der Waals surface area contributed by atoms with Crippen LogP contribution in [-0.4, -0.2) is 29.8 Å². The molecular formula is C13H7BrN6S. The van der Waals surface area contributed by atoms with Crippen LogP contribution in [0.3, 0.4) is 0 Å². The minimum Gasteiger partial charge on any atom is -0.261 e. The molecule has 0 N–H and O–H groups in total. The minimum atomic E-state index is 0.595. The maximum absolute atomic E-state index is 4.58. The molecule has 0 saturated carbocycles. The molecule has 1 aromatic carbocycles. The topological polar surface area (TPSA) is 68.9 Å². The summed E-state index contributed by atoms with van der Waals surface area (Å²) in [5.74, 6) is 0.595. The fourth-order valence-electron chi connectivity index (χ4n) is 1.90. The lowest BCUT2D eigenvalue weighted by atomic mass is 10.2. The van der Waals surface area contributed by atoms with Gasteiger partial charge >= 0.3 is 0 Å². The Morgan fingerprint density at radius 2 is 1.90 bits per heavy atom. The highest BCUT2D eigenvalue weighted by atomic mass is 79.9. The highest BCUT2D eigenvalue weighted by molar-refractivity contribution is 9.10. The normalized spacial score (nSPS) is 11.1. The van der Waals surface area contributed by atoms with Crippen LogP contribution in [0.15, 0.2) is 47.3 Å². The second-order valence-corrected chi connectivity index (χ2v) is 6.09. The van der Waals surface area contributed by atoms with Gasteiger partial charge in [0, 0.05) is 22.4 Å². The average Bonchev–Trinajstić information content (AvgIpc) is 3.09. The lowest BCUT2D eigenvalue weighted by molar-refractivity contribution is 0.957. The zero-order valence-electron chi connectivity index (χ0n) is 10.5. The molecule has 3 heterocycles. The largest absolute Gasteiger partial charge is 0.261 e. The fraction of sp³-hybridized carbons (Fsp3) is 0. The van der Waals surface area contributed by atoms with Crippen LogP contribution >= 0.6 is 27.3 Å². The van der Waals surface area contributed by atoms with Crippen molar-refractivity contribution < 1.29 is 0 Å². The monoisotopic (exact) mass is 358 g/mol. The third kappa shape index (κ3) is 2.22. The Hall–Kier alpha value is -2.19. The van der Waals surface area contributed by atoms with Gasteiger partial charge in [0.25, 0.3) is 0 Å². The SMILES string of the molecule is Brc1ccc(-c2nn3c(-c4cnccn4)nnc3s2)cc1. The Balaban J connectivity index is 1.84. The molecule has 4 aromatic rings. The molecular weight excluding hydrogens is 352 g/mol. The summed E-state index contributed by atoms with van der Waals surface area (Å²) in [7, 11) is 0. The van der Waals surface area contributed by atoms with Gasteiger partial charge in [0.1, 0.15) is 10.7 Å². The summed E-state index contributed by atoms with van der Waals surface area (Å²) in [6.45, 7) is 0. The number of hydrogen-bond donors (Lipinski definition) is 0. The zero-order chi connectivity index (χ0) is 14.2. The van der Waals surface area contributed by atoms with E-state index < -0.39 is 0 Å². The predicted molar refractivity (Wildman–Crippen MR) is 82.8 cm³/mol. The quantitative estimate of drug-likeness (QED) is 0.550. The molecule has 0 spiro atoms. The first kappa shape index (κ1) is 12.5. The Bertz CT molecular complexity index is 899. The van der Waals surface area contributed by atoms with Gasteiger partial charge in [-0.3, -0.25) is 4.98 Å². The molecule has 0 aliphatic rings. The molecule has 0 saturated heterocycles. The third-order valence-electron chi connectivity index (χ3n) is 2.87. The van der Waals surface area contributed by atoms with Crippen LogP contribution in [0.4, 0.5) is 0 Å². The van der Waals surface area contributed by atoms with Gasteiger partial charge < -0.3 is 0 Å². The van der Waals surface area contributed by atoms with Crippen molar-refractivity contribution in [3.63, 3.8) is 0 Å². The van der Waals surface area contributed by atoms with E-state index in [0.717, 1.165) is 20.0 Å². The van der Waals surface area contributed by atoms with E-state index in [2.05, 4.69) is 41.2 Å². The van der Waals surface area contributed by atoms with E-state index in [-0.39, 0.29) is 0 Å². The van der Waals surface area contributed by atoms with Crippen molar-refractivity contribution in [2.75, 3.05) is 0 Å². The summed E-state index contributed by atoms with van der Waals surface area (Å²) in [6, 6.07) is 8.00. The average molecular weight is 359 g/mol. The minimum absolute atomic E-state index is 0.595. The van der Waals surface area contributed by atoms with E-state index in [4.69, 9.17) is 0 Å². The Morgan fingerprint density at radius 3 is 2.67 bits per heavy atom. The van der Waals surface area contributed by atoms with Gasteiger partial charge in [-0.1, -0.05) is 39.4 Å². The first-order valence-electron chi connectivity index (χ1n) is 6.06. The van der Waals surface area contributed by atoms with E-state index in [0.29, 0.717) is 11.5 Å². The zero-order valence-corrected chi connectivity index (χ0v) is 12.9. The maximum atomic E-state index is 4.58. The molecule has 0 fully saturated rings. The van der Waals surface area contributed by atoms with Crippen LogP contribution in [0, 0.1) is 0 Å². The smallest absolute Gasteiger partial charge is 0.235 e. The first-order valence-corrected chi connectivity index (χ1v) is 7.67. The van der Waals surface area contributed by atoms with Crippen LogP contribution in [0.25, 0.3) is 27.1 Å². The maximum Gasteiger partial charge on any atom is 0.235 e. The summed E-state index contributed by atoms with van der Waals surface area (Å²) in [6.07, 6.45) is 4.89. The van der Waals surface area contributed by atoms with Gasteiger partial charge in [0.2, 0.25) is 10.8 Å². The summed E-state index contributed by atoms with van der Waals surface area (Å²) >= 11 is 4.91. The van der Waals surface area contributed by atoms with Gasteiger partial charge in [-0.15, -0.1) is 10.2 Å². The van der Waals surface area contributed by atoms with Crippen LogP contribution in [0.2, 0.25) is 0 Å². The Kier molecular flexibility index (Phi) is 2.97. The standard InChI is InChI=1S/C13H7BrN6S/c14-9-3-1-8(2-4-9)12-19-20-11(17-18-13(20)21-12)10-7-15-5-6-16-10/h1-7H. The molecule has 3 aromatic heterocycles. The molecule has 8 heteroatoms. The van der Waals surface area contributed by atoms with Crippen molar-refractivity contribution >= 4 is 32.2 Å². The highest BCUT2D eigenvalue weighted by Crippen LogP contribution is 2.28. The Labute approximate surface area is 131 Å².